The molecule has 1 aliphatic carbocycles. The fraction of sp³-hybridized carbons (Fsp3) is 0.600. The summed E-state index contributed by atoms with van der Waals surface area (Å²) in [7, 11) is 0. The van der Waals surface area contributed by atoms with E-state index >= 15 is 0 Å². The van der Waals surface area contributed by atoms with Gasteiger partial charge in [0, 0.05) is 10.6 Å². The van der Waals surface area contributed by atoms with E-state index in [2.05, 4.69) is 37.4 Å². The molecule has 0 radical (unpaired) electrons. The SMILES string of the molecule is CCNCC(C)CSc1ccc2c(c1)CCC2. The first-order chi connectivity index (χ1) is 8.29. The summed E-state index contributed by atoms with van der Waals surface area (Å²) >= 11 is 2.00. The topological polar surface area (TPSA) is 12.0 Å². The van der Waals surface area contributed by atoms with Crippen LogP contribution in [0, 0.1) is 5.92 Å². The van der Waals surface area contributed by atoms with Gasteiger partial charge in [-0.15, -0.1) is 11.8 Å². The first-order valence-corrected chi connectivity index (χ1v) is 7.73. The molecule has 1 unspecified atom stereocenters. The first-order valence-electron chi connectivity index (χ1n) is 6.75. The molecule has 94 valence electrons. The lowest BCUT2D eigenvalue weighted by Crippen LogP contribution is -2.21. The Bertz CT molecular complexity index is 362. The normalized spacial score (nSPS) is 15.9. The molecule has 1 aliphatic rings. The van der Waals surface area contributed by atoms with E-state index in [-0.39, 0.29) is 0 Å². The smallest absolute Gasteiger partial charge is 0.00749 e. The molecule has 0 amide bonds. The van der Waals surface area contributed by atoms with E-state index < -0.39 is 0 Å². The molecule has 0 saturated carbocycles. The van der Waals surface area contributed by atoms with Crippen molar-refractivity contribution >= 4 is 11.8 Å². The van der Waals surface area contributed by atoms with E-state index in [1.807, 2.05) is 11.8 Å². The summed E-state index contributed by atoms with van der Waals surface area (Å²) in [5, 5.41) is 3.41. The van der Waals surface area contributed by atoms with Crippen molar-refractivity contribution in [3.63, 3.8) is 0 Å². The van der Waals surface area contributed by atoms with Crippen molar-refractivity contribution in [3.8, 4) is 0 Å². The monoisotopic (exact) mass is 249 g/mol. The van der Waals surface area contributed by atoms with Gasteiger partial charge in [0.25, 0.3) is 0 Å². The number of hydrogen-bond donors (Lipinski definition) is 1. The average molecular weight is 249 g/mol. The molecule has 2 rings (SSSR count). The molecule has 1 atom stereocenters. The van der Waals surface area contributed by atoms with Crippen LogP contribution in [-0.2, 0) is 12.8 Å². The zero-order valence-electron chi connectivity index (χ0n) is 11.0. The summed E-state index contributed by atoms with van der Waals surface area (Å²) in [5.41, 5.74) is 3.17. The van der Waals surface area contributed by atoms with Gasteiger partial charge < -0.3 is 5.32 Å². The molecular weight excluding hydrogens is 226 g/mol. The van der Waals surface area contributed by atoms with Gasteiger partial charge in [0.2, 0.25) is 0 Å². The Labute approximate surface area is 109 Å². The number of rotatable bonds is 6. The van der Waals surface area contributed by atoms with Gasteiger partial charge in [0.05, 0.1) is 0 Å². The van der Waals surface area contributed by atoms with Gasteiger partial charge in [-0.2, -0.15) is 0 Å². The van der Waals surface area contributed by atoms with E-state index in [1.165, 1.54) is 29.9 Å². The Morgan fingerprint density at radius 1 is 1.29 bits per heavy atom. The van der Waals surface area contributed by atoms with Crippen LogP contribution in [0.25, 0.3) is 0 Å². The highest BCUT2D eigenvalue weighted by atomic mass is 32.2. The predicted molar refractivity (Wildman–Crippen MR) is 76.9 cm³/mol. The minimum absolute atomic E-state index is 0.744. The summed E-state index contributed by atoms with van der Waals surface area (Å²) < 4.78 is 0. The third-order valence-electron chi connectivity index (χ3n) is 3.35. The first kappa shape index (κ1) is 13.0. The minimum atomic E-state index is 0.744. The lowest BCUT2D eigenvalue weighted by atomic mass is 10.1. The van der Waals surface area contributed by atoms with E-state index in [4.69, 9.17) is 0 Å². The largest absolute Gasteiger partial charge is 0.317 e. The predicted octanol–water partition coefficient (Wildman–Crippen LogP) is 3.51. The van der Waals surface area contributed by atoms with Gasteiger partial charge in [0.15, 0.2) is 0 Å². The second-order valence-corrected chi connectivity index (χ2v) is 6.10. The van der Waals surface area contributed by atoms with E-state index in [0.717, 1.165) is 19.0 Å². The molecule has 0 saturated heterocycles. The molecular formula is C15H23NS. The molecule has 0 fully saturated rings. The molecule has 1 aromatic rings. The summed E-state index contributed by atoms with van der Waals surface area (Å²) in [6.45, 7) is 6.70. The molecule has 0 spiro atoms. The fourth-order valence-corrected chi connectivity index (χ4v) is 3.31. The maximum absolute atomic E-state index is 3.41. The van der Waals surface area contributed by atoms with Gasteiger partial charge in [-0.25, -0.2) is 0 Å². The Morgan fingerprint density at radius 3 is 2.94 bits per heavy atom. The summed E-state index contributed by atoms with van der Waals surface area (Å²) in [6.07, 6.45) is 3.92. The van der Waals surface area contributed by atoms with E-state index in [0.29, 0.717) is 0 Å². The quantitative estimate of drug-likeness (QED) is 0.774. The highest BCUT2D eigenvalue weighted by molar-refractivity contribution is 7.99. The minimum Gasteiger partial charge on any atom is -0.317 e. The van der Waals surface area contributed by atoms with Crippen molar-refractivity contribution in [2.75, 3.05) is 18.8 Å². The second kappa shape index (κ2) is 6.46. The number of fused-ring (bicyclic) bond motifs is 1. The molecule has 17 heavy (non-hydrogen) atoms. The number of nitrogens with one attached hydrogen (secondary N) is 1. The number of benzene rings is 1. The summed E-state index contributed by atoms with van der Waals surface area (Å²) in [4.78, 5) is 1.45. The van der Waals surface area contributed by atoms with Crippen LogP contribution in [0.2, 0.25) is 0 Å². The van der Waals surface area contributed by atoms with Gasteiger partial charge in [-0.3, -0.25) is 0 Å². The summed E-state index contributed by atoms with van der Waals surface area (Å²) in [5.74, 6) is 1.96. The lowest BCUT2D eigenvalue weighted by molar-refractivity contribution is 0.574. The van der Waals surface area contributed by atoms with Crippen molar-refractivity contribution in [1.29, 1.82) is 0 Å². The number of aryl methyl sites for hydroxylation is 2. The Morgan fingerprint density at radius 2 is 2.12 bits per heavy atom. The van der Waals surface area contributed by atoms with E-state index in [1.54, 1.807) is 11.1 Å². The zero-order valence-corrected chi connectivity index (χ0v) is 11.8. The van der Waals surface area contributed by atoms with Crippen molar-refractivity contribution in [2.24, 2.45) is 5.92 Å². The molecule has 1 nitrogen and oxygen atoms in total. The van der Waals surface area contributed by atoms with E-state index in [9.17, 15) is 0 Å². The zero-order chi connectivity index (χ0) is 12.1. The van der Waals surface area contributed by atoms with Crippen LogP contribution < -0.4 is 5.32 Å². The van der Waals surface area contributed by atoms with Crippen LogP contribution in [0.15, 0.2) is 23.1 Å². The average Bonchev–Trinajstić information content (AvgIpc) is 2.81. The lowest BCUT2D eigenvalue weighted by Gasteiger charge is -2.11. The molecule has 0 aliphatic heterocycles. The van der Waals surface area contributed by atoms with Crippen molar-refractivity contribution in [1.82, 2.24) is 5.32 Å². The van der Waals surface area contributed by atoms with Gasteiger partial charge in [-0.05, 0) is 61.5 Å². The second-order valence-electron chi connectivity index (χ2n) is 5.01. The highest BCUT2D eigenvalue weighted by Crippen LogP contribution is 2.28. The van der Waals surface area contributed by atoms with Crippen LogP contribution in [-0.4, -0.2) is 18.8 Å². The van der Waals surface area contributed by atoms with Gasteiger partial charge >= 0.3 is 0 Å². The third-order valence-corrected chi connectivity index (χ3v) is 4.67. The molecule has 1 aromatic carbocycles. The molecule has 2 heteroatoms. The van der Waals surface area contributed by atoms with Crippen LogP contribution in [0.4, 0.5) is 0 Å². The van der Waals surface area contributed by atoms with Gasteiger partial charge in [0.1, 0.15) is 0 Å². The number of thioether (sulfide) groups is 1. The molecule has 0 aromatic heterocycles. The fourth-order valence-electron chi connectivity index (χ4n) is 2.33. The van der Waals surface area contributed by atoms with Crippen LogP contribution in [0.5, 0.6) is 0 Å². The highest BCUT2D eigenvalue weighted by Gasteiger charge is 2.11. The Hall–Kier alpha value is -0.470. The molecule has 1 N–H and O–H groups in total. The maximum Gasteiger partial charge on any atom is 0.00749 e. The summed E-state index contributed by atoms with van der Waals surface area (Å²) in [6, 6.07) is 7.04. The third kappa shape index (κ3) is 3.75. The van der Waals surface area contributed by atoms with Crippen LogP contribution in [0.3, 0.4) is 0 Å². The van der Waals surface area contributed by atoms with Gasteiger partial charge in [-0.1, -0.05) is 19.9 Å². The van der Waals surface area contributed by atoms with Crippen molar-refractivity contribution < 1.29 is 0 Å². The molecule has 0 heterocycles. The van der Waals surface area contributed by atoms with Crippen LogP contribution >= 0.6 is 11.8 Å². The van der Waals surface area contributed by atoms with Crippen molar-refractivity contribution in [3.05, 3.63) is 29.3 Å². The maximum atomic E-state index is 3.41. The standard InChI is InChI=1S/C15H23NS/c1-3-16-10-12(2)11-17-15-8-7-13-5-4-6-14(13)9-15/h7-9,12,16H,3-6,10-11H2,1-2H3. The Balaban J connectivity index is 1.83. The number of hydrogen-bond acceptors (Lipinski definition) is 2. The van der Waals surface area contributed by atoms with Crippen molar-refractivity contribution in [2.45, 2.75) is 38.0 Å². The molecule has 0 bridgehead atoms. The Kier molecular flexibility index (Phi) is 4.93. The van der Waals surface area contributed by atoms with Crippen LogP contribution in [0.1, 0.15) is 31.4 Å².